The number of hydrogen-bond donors (Lipinski definition) is 1. The number of rotatable bonds is 1. The molecule has 2 aliphatic rings. The zero-order chi connectivity index (χ0) is 11.5. The van der Waals surface area contributed by atoms with E-state index in [1.165, 1.54) is 51.5 Å². The summed E-state index contributed by atoms with van der Waals surface area (Å²) in [6.45, 7) is 6.06. The summed E-state index contributed by atoms with van der Waals surface area (Å²) >= 11 is 0. The molecule has 0 amide bonds. The number of likely N-dealkylation sites (tertiary alicyclic amines) is 1. The molecular weight excluding hydrogens is 196 g/mol. The average Bonchev–Trinajstić information content (AvgIpc) is 2.44. The van der Waals surface area contributed by atoms with Gasteiger partial charge in [0.2, 0.25) is 0 Å². The van der Waals surface area contributed by atoms with Crippen molar-refractivity contribution < 1.29 is 0 Å². The second-order valence-corrected chi connectivity index (χ2v) is 6.09. The van der Waals surface area contributed by atoms with Crippen LogP contribution in [-0.4, -0.2) is 29.6 Å². The highest BCUT2D eigenvalue weighted by Crippen LogP contribution is 2.29. The maximum absolute atomic E-state index is 6.37. The predicted octanol–water partition coefficient (Wildman–Crippen LogP) is 2.77. The molecule has 2 rings (SSSR count). The van der Waals surface area contributed by atoms with Crippen molar-refractivity contribution in [2.45, 2.75) is 76.9 Å². The Balaban J connectivity index is 1.98. The topological polar surface area (TPSA) is 29.3 Å². The van der Waals surface area contributed by atoms with Crippen molar-refractivity contribution in [2.24, 2.45) is 11.7 Å². The third kappa shape index (κ3) is 2.78. The van der Waals surface area contributed by atoms with Crippen molar-refractivity contribution >= 4 is 0 Å². The molecule has 0 radical (unpaired) electrons. The Morgan fingerprint density at radius 3 is 2.50 bits per heavy atom. The fourth-order valence-corrected chi connectivity index (χ4v) is 3.65. The highest BCUT2D eigenvalue weighted by molar-refractivity contribution is 4.89. The minimum Gasteiger partial charge on any atom is -0.326 e. The molecule has 0 spiro atoms. The van der Waals surface area contributed by atoms with Gasteiger partial charge in [0.15, 0.2) is 0 Å². The molecule has 2 N–H and O–H groups in total. The molecule has 4 atom stereocenters. The summed E-state index contributed by atoms with van der Waals surface area (Å²) in [7, 11) is 0. The Labute approximate surface area is 101 Å². The second-order valence-electron chi connectivity index (χ2n) is 6.09. The van der Waals surface area contributed by atoms with Crippen LogP contribution in [0.2, 0.25) is 0 Å². The third-order valence-electron chi connectivity index (χ3n) is 4.65. The van der Waals surface area contributed by atoms with E-state index in [4.69, 9.17) is 5.73 Å². The lowest BCUT2D eigenvalue weighted by molar-refractivity contribution is 0.0650. The van der Waals surface area contributed by atoms with E-state index in [1.54, 1.807) is 0 Å². The fraction of sp³-hybridized carbons (Fsp3) is 1.00. The molecule has 1 aliphatic heterocycles. The van der Waals surface area contributed by atoms with E-state index in [2.05, 4.69) is 18.7 Å². The Morgan fingerprint density at radius 2 is 1.75 bits per heavy atom. The lowest BCUT2D eigenvalue weighted by Gasteiger charge is -2.43. The van der Waals surface area contributed by atoms with Crippen LogP contribution >= 0.6 is 0 Å². The molecule has 2 heteroatoms. The fourth-order valence-electron chi connectivity index (χ4n) is 3.65. The minimum absolute atomic E-state index is 0.429. The van der Waals surface area contributed by atoms with E-state index >= 15 is 0 Å². The molecular formula is C14H28N2. The maximum atomic E-state index is 6.37. The van der Waals surface area contributed by atoms with Crippen molar-refractivity contribution in [1.29, 1.82) is 0 Å². The van der Waals surface area contributed by atoms with E-state index < -0.39 is 0 Å². The van der Waals surface area contributed by atoms with Gasteiger partial charge in [-0.2, -0.15) is 0 Å². The van der Waals surface area contributed by atoms with Crippen molar-refractivity contribution in [3.63, 3.8) is 0 Å². The van der Waals surface area contributed by atoms with Gasteiger partial charge in [0.05, 0.1) is 0 Å². The molecule has 1 saturated carbocycles. The molecule has 1 saturated heterocycles. The highest BCUT2D eigenvalue weighted by atomic mass is 15.2. The number of nitrogens with zero attached hydrogens (tertiary/aromatic N) is 1. The third-order valence-corrected chi connectivity index (χ3v) is 4.65. The molecule has 2 fully saturated rings. The van der Waals surface area contributed by atoms with Crippen LogP contribution in [0, 0.1) is 5.92 Å². The number of nitrogens with two attached hydrogens (primary N) is 1. The largest absolute Gasteiger partial charge is 0.326 e. The highest BCUT2D eigenvalue weighted by Gasteiger charge is 2.32. The summed E-state index contributed by atoms with van der Waals surface area (Å²) in [5.74, 6) is 0.910. The van der Waals surface area contributed by atoms with E-state index in [1.807, 2.05) is 0 Å². The summed E-state index contributed by atoms with van der Waals surface area (Å²) in [6.07, 6.45) is 9.43. The first-order valence-corrected chi connectivity index (χ1v) is 7.20. The van der Waals surface area contributed by atoms with Gasteiger partial charge in [0.1, 0.15) is 0 Å². The lowest BCUT2D eigenvalue weighted by Crippen LogP contribution is -2.53. The summed E-state index contributed by atoms with van der Waals surface area (Å²) in [5, 5.41) is 0. The van der Waals surface area contributed by atoms with Gasteiger partial charge in [-0.05, 0) is 45.1 Å². The van der Waals surface area contributed by atoms with E-state index in [9.17, 15) is 0 Å². The normalized spacial score (nSPS) is 42.9. The van der Waals surface area contributed by atoms with Gasteiger partial charge in [-0.25, -0.2) is 0 Å². The van der Waals surface area contributed by atoms with Gasteiger partial charge in [0.25, 0.3) is 0 Å². The Hall–Kier alpha value is -0.0800. The van der Waals surface area contributed by atoms with Crippen LogP contribution in [0.15, 0.2) is 0 Å². The minimum atomic E-state index is 0.429. The molecule has 16 heavy (non-hydrogen) atoms. The second kappa shape index (κ2) is 5.50. The Kier molecular flexibility index (Phi) is 4.26. The quantitative estimate of drug-likeness (QED) is 0.694. The van der Waals surface area contributed by atoms with Crippen LogP contribution in [0.1, 0.15) is 58.8 Å². The first-order valence-electron chi connectivity index (χ1n) is 7.20. The molecule has 1 heterocycles. The zero-order valence-corrected chi connectivity index (χ0v) is 11.0. The first-order chi connectivity index (χ1) is 7.68. The van der Waals surface area contributed by atoms with Crippen LogP contribution in [0.5, 0.6) is 0 Å². The van der Waals surface area contributed by atoms with Gasteiger partial charge in [-0.15, -0.1) is 0 Å². The van der Waals surface area contributed by atoms with Gasteiger partial charge in [-0.1, -0.05) is 26.2 Å². The average molecular weight is 224 g/mol. The molecule has 0 bridgehead atoms. The van der Waals surface area contributed by atoms with Crippen molar-refractivity contribution in [3.8, 4) is 0 Å². The first kappa shape index (κ1) is 12.4. The van der Waals surface area contributed by atoms with Gasteiger partial charge in [0, 0.05) is 18.1 Å². The number of hydrogen-bond acceptors (Lipinski definition) is 2. The van der Waals surface area contributed by atoms with Crippen molar-refractivity contribution in [1.82, 2.24) is 4.90 Å². The van der Waals surface area contributed by atoms with Crippen molar-refractivity contribution in [2.75, 3.05) is 6.54 Å². The molecule has 4 unspecified atom stereocenters. The van der Waals surface area contributed by atoms with E-state index in [0.717, 1.165) is 12.0 Å². The number of piperidine rings is 1. The SMILES string of the molecule is CC1CCN(C2CCCCCC2N)C(C)C1. The monoisotopic (exact) mass is 224 g/mol. The summed E-state index contributed by atoms with van der Waals surface area (Å²) < 4.78 is 0. The molecule has 94 valence electrons. The Bertz CT molecular complexity index is 217. The molecule has 0 aromatic rings. The van der Waals surface area contributed by atoms with E-state index in [-0.39, 0.29) is 0 Å². The Morgan fingerprint density at radius 1 is 1.00 bits per heavy atom. The van der Waals surface area contributed by atoms with Gasteiger partial charge < -0.3 is 5.73 Å². The summed E-state index contributed by atoms with van der Waals surface area (Å²) in [5.41, 5.74) is 6.37. The van der Waals surface area contributed by atoms with Crippen LogP contribution < -0.4 is 5.73 Å². The van der Waals surface area contributed by atoms with Crippen LogP contribution in [-0.2, 0) is 0 Å². The maximum Gasteiger partial charge on any atom is 0.0250 e. The van der Waals surface area contributed by atoms with Crippen LogP contribution in [0.3, 0.4) is 0 Å². The standard InChI is InChI=1S/C14H28N2/c1-11-8-9-16(12(2)10-11)14-7-5-3-4-6-13(14)15/h11-14H,3-10,15H2,1-2H3. The van der Waals surface area contributed by atoms with Crippen molar-refractivity contribution in [3.05, 3.63) is 0 Å². The molecule has 0 aromatic heterocycles. The molecule has 2 nitrogen and oxygen atoms in total. The lowest BCUT2D eigenvalue weighted by atomic mass is 9.89. The van der Waals surface area contributed by atoms with Gasteiger partial charge >= 0.3 is 0 Å². The van der Waals surface area contributed by atoms with Gasteiger partial charge in [-0.3, -0.25) is 4.90 Å². The predicted molar refractivity (Wildman–Crippen MR) is 69.4 cm³/mol. The molecule has 1 aliphatic carbocycles. The van der Waals surface area contributed by atoms with Crippen LogP contribution in [0.25, 0.3) is 0 Å². The smallest absolute Gasteiger partial charge is 0.0250 e. The summed E-state index contributed by atoms with van der Waals surface area (Å²) in [6, 6.07) is 1.85. The summed E-state index contributed by atoms with van der Waals surface area (Å²) in [4.78, 5) is 2.72. The zero-order valence-electron chi connectivity index (χ0n) is 11.0. The van der Waals surface area contributed by atoms with E-state index in [0.29, 0.717) is 12.1 Å². The van der Waals surface area contributed by atoms with Crippen LogP contribution in [0.4, 0.5) is 0 Å². The molecule has 0 aromatic carbocycles.